The van der Waals surface area contributed by atoms with Crippen LogP contribution < -0.4 is 0 Å². The minimum atomic E-state index is -0.400. The highest BCUT2D eigenvalue weighted by molar-refractivity contribution is 5.72. The molecular weight excluding hydrogens is 282 g/mol. The maximum Gasteiger partial charge on any atom is 0.410 e. The molecule has 0 heterocycles. The quantitative estimate of drug-likeness (QED) is 0.691. The van der Waals surface area contributed by atoms with Crippen LogP contribution in [0.25, 0.3) is 0 Å². The van der Waals surface area contributed by atoms with Gasteiger partial charge in [-0.15, -0.1) is 0 Å². The molecule has 5 nitrogen and oxygen atoms in total. The number of rotatable bonds is 8. The van der Waals surface area contributed by atoms with Gasteiger partial charge in [0.1, 0.15) is 6.61 Å². The first-order valence-electron chi connectivity index (χ1n) is 7.71. The molecule has 1 aromatic rings. The van der Waals surface area contributed by atoms with Gasteiger partial charge in [0.05, 0.1) is 13.0 Å². The summed E-state index contributed by atoms with van der Waals surface area (Å²) in [6.45, 7) is 6.58. The fraction of sp³-hybridized carbons (Fsp3) is 0.529. The van der Waals surface area contributed by atoms with Crippen molar-refractivity contribution in [3.05, 3.63) is 35.9 Å². The van der Waals surface area contributed by atoms with Gasteiger partial charge in [0.2, 0.25) is 0 Å². The van der Waals surface area contributed by atoms with Gasteiger partial charge in [-0.05, 0) is 25.8 Å². The van der Waals surface area contributed by atoms with E-state index < -0.39 is 6.09 Å². The van der Waals surface area contributed by atoms with Crippen LogP contribution in [0.5, 0.6) is 0 Å². The number of esters is 1. The Morgan fingerprint density at radius 2 is 1.82 bits per heavy atom. The Hall–Kier alpha value is -2.04. The molecule has 0 radical (unpaired) electrons. The maximum absolute atomic E-state index is 12.2. The maximum atomic E-state index is 12.2. The van der Waals surface area contributed by atoms with E-state index in [9.17, 15) is 9.59 Å². The highest BCUT2D eigenvalue weighted by Gasteiger charge is 2.21. The third-order valence-electron chi connectivity index (χ3n) is 3.42. The molecule has 0 aromatic heterocycles. The predicted molar refractivity (Wildman–Crippen MR) is 84.3 cm³/mol. The van der Waals surface area contributed by atoms with Gasteiger partial charge in [-0.2, -0.15) is 0 Å². The summed E-state index contributed by atoms with van der Waals surface area (Å²) < 4.78 is 10.2. The lowest BCUT2D eigenvalue weighted by Crippen LogP contribution is -2.40. The summed E-state index contributed by atoms with van der Waals surface area (Å²) in [6.07, 6.45) is 0.574. The Morgan fingerprint density at radius 1 is 1.14 bits per heavy atom. The summed E-state index contributed by atoms with van der Waals surface area (Å²) in [6, 6.07) is 9.53. The Labute approximate surface area is 132 Å². The Kier molecular flexibility index (Phi) is 8.04. The molecule has 1 amide bonds. The predicted octanol–water partition coefficient (Wildman–Crippen LogP) is 3.38. The van der Waals surface area contributed by atoms with E-state index in [-0.39, 0.29) is 25.0 Å². The number of carbonyl (C=O) groups is 2. The molecule has 1 atom stereocenters. The molecule has 0 spiro atoms. The second-order valence-corrected chi connectivity index (χ2v) is 5.05. The van der Waals surface area contributed by atoms with Crippen molar-refractivity contribution in [2.24, 2.45) is 0 Å². The van der Waals surface area contributed by atoms with E-state index in [1.165, 1.54) is 0 Å². The minimum absolute atomic E-state index is 0.0118. The van der Waals surface area contributed by atoms with Gasteiger partial charge in [-0.3, -0.25) is 4.79 Å². The second-order valence-electron chi connectivity index (χ2n) is 5.05. The molecule has 0 bridgehead atoms. The highest BCUT2D eigenvalue weighted by Crippen LogP contribution is 2.10. The summed E-state index contributed by atoms with van der Waals surface area (Å²) in [7, 11) is 0. The molecule has 0 fully saturated rings. The van der Waals surface area contributed by atoms with Crippen LogP contribution in [0, 0.1) is 0 Å². The summed E-state index contributed by atoms with van der Waals surface area (Å²) in [5.41, 5.74) is 0.936. The van der Waals surface area contributed by atoms with Gasteiger partial charge < -0.3 is 14.4 Å². The first kappa shape index (κ1) is 18.0. The molecule has 0 saturated carbocycles. The van der Waals surface area contributed by atoms with Crippen LogP contribution in [-0.2, 0) is 20.9 Å². The SMILES string of the molecule is CCOC(=O)CCN(C(=O)OCc1ccccc1)C(C)CC. The molecule has 0 aliphatic carbocycles. The van der Waals surface area contributed by atoms with Gasteiger partial charge >= 0.3 is 12.1 Å². The first-order chi connectivity index (χ1) is 10.6. The van der Waals surface area contributed by atoms with Crippen LogP contribution in [0.1, 0.15) is 39.2 Å². The van der Waals surface area contributed by atoms with Crippen LogP contribution in [-0.4, -0.2) is 36.2 Å². The lowest BCUT2D eigenvalue weighted by molar-refractivity contribution is -0.143. The summed E-state index contributed by atoms with van der Waals surface area (Å²) >= 11 is 0. The lowest BCUT2D eigenvalue weighted by atomic mass is 10.2. The van der Waals surface area contributed by atoms with E-state index in [1.54, 1.807) is 11.8 Å². The van der Waals surface area contributed by atoms with Crippen LogP contribution in [0.3, 0.4) is 0 Å². The smallest absolute Gasteiger partial charge is 0.410 e. The van der Waals surface area contributed by atoms with Crippen molar-refractivity contribution in [1.29, 1.82) is 0 Å². The first-order valence-corrected chi connectivity index (χ1v) is 7.71. The molecule has 122 valence electrons. The van der Waals surface area contributed by atoms with E-state index in [1.807, 2.05) is 44.2 Å². The molecular formula is C17H25NO4. The number of ether oxygens (including phenoxy) is 2. The van der Waals surface area contributed by atoms with Gasteiger partial charge in [-0.1, -0.05) is 37.3 Å². The van der Waals surface area contributed by atoms with E-state index in [2.05, 4.69) is 0 Å². The third-order valence-corrected chi connectivity index (χ3v) is 3.42. The molecule has 0 N–H and O–H groups in total. The second kappa shape index (κ2) is 9.82. The average molecular weight is 307 g/mol. The Bertz CT molecular complexity index is 461. The number of hydrogen-bond donors (Lipinski definition) is 0. The normalized spacial score (nSPS) is 11.6. The van der Waals surface area contributed by atoms with E-state index in [4.69, 9.17) is 9.47 Å². The third kappa shape index (κ3) is 6.16. The van der Waals surface area contributed by atoms with Crippen LogP contribution in [0.2, 0.25) is 0 Å². The largest absolute Gasteiger partial charge is 0.466 e. The van der Waals surface area contributed by atoms with Crippen LogP contribution in [0.4, 0.5) is 4.79 Å². The molecule has 0 saturated heterocycles. The summed E-state index contributed by atoms with van der Waals surface area (Å²) in [5.74, 6) is -0.299. The average Bonchev–Trinajstić information content (AvgIpc) is 2.54. The monoisotopic (exact) mass is 307 g/mol. The Balaban J connectivity index is 2.54. The molecule has 5 heteroatoms. The van der Waals surface area contributed by atoms with E-state index >= 15 is 0 Å². The topological polar surface area (TPSA) is 55.8 Å². The zero-order valence-corrected chi connectivity index (χ0v) is 13.6. The number of benzene rings is 1. The number of carbonyl (C=O) groups excluding carboxylic acids is 2. The van der Waals surface area contributed by atoms with Crippen molar-refractivity contribution in [2.45, 2.75) is 46.3 Å². The molecule has 1 unspecified atom stereocenters. The fourth-order valence-electron chi connectivity index (χ4n) is 1.96. The standard InChI is InChI=1S/C17H25NO4/c1-4-14(3)18(12-11-16(19)21-5-2)17(20)22-13-15-9-7-6-8-10-15/h6-10,14H,4-5,11-13H2,1-3H3. The highest BCUT2D eigenvalue weighted by atomic mass is 16.6. The number of nitrogens with zero attached hydrogens (tertiary/aromatic N) is 1. The van der Waals surface area contributed by atoms with Crippen LogP contribution in [0.15, 0.2) is 30.3 Å². The van der Waals surface area contributed by atoms with E-state index in [0.29, 0.717) is 13.2 Å². The van der Waals surface area contributed by atoms with Gasteiger partial charge in [0, 0.05) is 12.6 Å². The summed E-state index contributed by atoms with van der Waals surface area (Å²) in [5, 5.41) is 0. The van der Waals surface area contributed by atoms with Crippen molar-refractivity contribution >= 4 is 12.1 Å². The Morgan fingerprint density at radius 3 is 2.41 bits per heavy atom. The van der Waals surface area contributed by atoms with Crippen molar-refractivity contribution in [3.8, 4) is 0 Å². The van der Waals surface area contributed by atoms with Crippen molar-refractivity contribution in [3.63, 3.8) is 0 Å². The van der Waals surface area contributed by atoms with Gasteiger partial charge in [0.15, 0.2) is 0 Å². The van der Waals surface area contributed by atoms with Gasteiger partial charge in [0.25, 0.3) is 0 Å². The molecule has 0 aliphatic heterocycles. The molecule has 1 aromatic carbocycles. The summed E-state index contributed by atoms with van der Waals surface area (Å²) in [4.78, 5) is 25.3. The lowest BCUT2D eigenvalue weighted by Gasteiger charge is -2.27. The number of hydrogen-bond acceptors (Lipinski definition) is 4. The molecule has 1 rings (SSSR count). The zero-order chi connectivity index (χ0) is 16.4. The van der Waals surface area contributed by atoms with Crippen LogP contribution >= 0.6 is 0 Å². The van der Waals surface area contributed by atoms with Crippen molar-refractivity contribution in [1.82, 2.24) is 4.90 Å². The van der Waals surface area contributed by atoms with Crippen molar-refractivity contribution in [2.75, 3.05) is 13.2 Å². The van der Waals surface area contributed by atoms with E-state index in [0.717, 1.165) is 12.0 Å². The fourth-order valence-corrected chi connectivity index (χ4v) is 1.96. The minimum Gasteiger partial charge on any atom is -0.466 e. The zero-order valence-electron chi connectivity index (χ0n) is 13.6. The number of amides is 1. The molecule has 0 aliphatic rings. The molecule has 22 heavy (non-hydrogen) atoms. The van der Waals surface area contributed by atoms with Gasteiger partial charge in [-0.25, -0.2) is 4.79 Å². The van der Waals surface area contributed by atoms with Crippen molar-refractivity contribution < 1.29 is 19.1 Å².